The van der Waals surface area contributed by atoms with Crippen molar-refractivity contribution in [3.05, 3.63) is 33.6 Å². The minimum absolute atomic E-state index is 0.105. The summed E-state index contributed by atoms with van der Waals surface area (Å²) in [5.74, 6) is -0.667. The Bertz CT molecular complexity index is 351. The van der Waals surface area contributed by atoms with Crippen LogP contribution in [0.25, 0.3) is 0 Å². The Balaban J connectivity index is 3.30. The molecule has 0 heterocycles. The van der Waals surface area contributed by atoms with Gasteiger partial charge in [0.25, 0.3) is 5.69 Å². The number of nitro benzene ring substituents is 1. The molecule has 0 N–H and O–H groups in total. The molecule has 4 nitrogen and oxygen atoms in total. The van der Waals surface area contributed by atoms with Crippen molar-refractivity contribution in [3.8, 4) is 5.75 Å². The van der Waals surface area contributed by atoms with E-state index in [-0.39, 0.29) is 17.0 Å². The van der Waals surface area contributed by atoms with Crippen LogP contribution >= 0.6 is 0 Å². The molecule has 0 saturated carbocycles. The van der Waals surface area contributed by atoms with Crippen LogP contribution in [-0.2, 0) is 0 Å². The second-order valence-electron chi connectivity index (χ2n) is 2.54. The van der Waals surface area contributed by atoms with E-state index in [1.54, 1.807) is 0 Å². The van der Waals surface area contributed by atoms with E-state index in [9.17, 15) is 14.5 Å². The van der Waals surface area contributed by atoms with Crippen LogP contribution < -0.4 is 4.74 Å². The summed E-state index contributed by atoms with van der Waals surface area (Å²) < 4.78 is 17.7. The molecule has 0 aliphatic rings. The molecule has 5 heteroatoms. The van der Waals surface area contributed by atoms with Gasteiger partial charge in [0.15, 0.2) is 11.6 Å². The molecule has 1 aromatic carbocycles. The topological polar surface area (TPSA) is 52.4 Å². The van der Waals surface area contributed by atoms with Crippen molar-refractivity contribution in [2.24, 2.45) is 0 Å². The first-order valence-corrected chi connectivity index (χ1v) is 3.54. The molecule has 0 bridgehead atoms. The summed E-state index contributed by atoms with van der Waals surface area (Å²) in [7, 11) is 1.27. The molecule has 0 fully saturated rings. The third-order valence-electron chi connectivity index (χ3n) is 1.64. The number of halogens is 1. The first-order chi connectivity index (χ1) is 6.06. The highest BCUT2D eigenvalue weighted by Crippen LogP contribution is 2.26. The number of nitrogens with zero attached hydrogens (tertiary/aromatic N) is 1. The number of aryl methyl sites for hydroxylation is 1. The van der Waals surface area contributed by atoms with Gasteiger partial charge < -0.3 is 4.74 Å². The Morgan fingerprint density at radius 2 is 2.15 bits per heavy atom. The molecular formula is C8H8FNO3. The van der Waals surface area contributed by atoms with E-state index < -0.39 is 10.7 Å². The smallest absolute Gasteiger partial charge is 0.273 e. The first-order valence-electron chi connectivity index (χ1n) is 3.54. The predicted molar refractivity (Wildman–Crippen MR) is 44.3 cm³/mol. The maximum atomic E-state index is 13.1. The number of rotatable bonds is 2. The summed E-state index contributed by atoms with van der Waals surface area (Å²) in [5, 5.41) is 10.4. The Kier molecular flexibility index (Phi) is 2.46. The van der Waals surface area contributed by atoms with Gasteiger partial charge in [0.05, 0.1) is 18.1 Å². The van der Waals surface area contributed by atoms with Gasteiger partial charge in [-0.3, -0.25) is 10.1 Å². The van der Waals surface area contributed by atoms with Crippen molar-refractivity contribution in [3.63, 3.8) is 0 Å². The zero-order chi connectivity index (χ0) is 10.0. The van der Waals surface area contributed by atoms with Gasteiger partial charge in [0.1, 0.15) is 0 Å². The molecule has 0 aromatic heterocycles. The minimum Gasteiger partial charge on any atom is -0.493 e. The van der Waals surface area contributed by atoms with Crippen molar-refractivity contribution in [2.45, 2.75) is 6.92 Å². The number of benzene rings is 1. The van der Waals surface area contributed by atoms with Gasteiger partial charge in [-0.05, 0) is 12.5 Å². The van der Waals surface area contributed by atoms with Crippen LogP contribution in [0.15, 0.2) is 12.1 Å². The fraction of sp³-hybridized carbons (Fsp3) is 0.250. The summed E-state index contributed by atoms with van der Waals surface area (Å²) in [5.41, 5.74) is 0.0294. The van der Waals surface area contributed by atoms with E-state index in [4.69, 9.17) is 0 Å². The standard InChI is InChI=1S/C8H8FNO3/c1-5-3-6(10(11)12)4-7(13-2)8(5)9/h3-4H,1-2H3. The van der Waals surface area contributed by atoms with Crippen LogP contribution in [0.4, 0.5) is 10.1 Å². The number of nitro groups is 1. The monoisotopic (exact) mass is 185 g/mol. The molecule has 1 aromatic rings. The Morgan fingerprint density at radius 3 is 2.62 bits per heavy atom. The lowest BCUT2D eigenvalue weighted by molar-refractivity contribution is -0.385. The molecule has 0 atom stereocenters. The summed E-state index contributed by atoms with van der Waals surface area (Å²) in [6.45, 7) is 1.45. The highest BCUT2D eigenvalue weighted by molar-refractivity contribution is 5.43. The Hall–Kier alpha value is -1.65. The van der Waals surface area contributed by atoms with E-state index in [0.717, 1.165) is 12.1 Å². The fourth-order valence-corrected chi connectivity index (χ4v) is 0.973. The lowest BCUT2D eigenvalue weighted by atomic mass is 10.2. The molecule has 13 heavy (non-hydrogen) atoms. The van der Waals surface area contributed by atoms with Gasteiger partial charge in [-0.15, -0.1) is 0 Å². The quantitative estimate of drug-likeness (QED) is 0.523. The minimum atomic E-state index is -0.588. The molecule has 0 amide bonds. The summed E-state index contributed by atoms with van der Waals surface area (Å²) in [6.07, 6.45) is 0. The average molecular weight is 185 g/mol. The van der Waals surface area contributed by atoms with Crippen molar-refractivity contribution in [1.82, 2.24) is 0 Å². The van der Waals surface area contributed by atoms with E-state index in [1.165, 1.54) is 14.0 Å². The van der Waals surface area contributed by atoms with Crippen molar-refractivity contribution < 1.29 is 14.1 Å². The van der Waals surface area contributed by atoms with Crippen LogP contribution in [-0.4, -0.2) is 12.0 Å². The van der Waals surface area contributed by atoms with Crippen LogP contribution in [0.5, 0.6) is 5.75 Å². The maximum absolute atomic E-state index is 13.1. The molecule has 0 saturated heterocycles. The Morgan fingerprint density at radius 1 is 1.54 bits per heavy atom. The van der Waals surface area contributed by atoms with Crippen LogP contribution in [0.1, 0.15) is 5.56 Å². The molecule has 0 aliphatic carbocycles. The molecule has 0 unspecified atom stereocenters. The molecular weight excluding hydrogens is 177 g/mol. The average Bonchev–Trinajstić information content (AvgIpc) is 2.09. The molecule has 0 radical (unpaired) electrons. The van der Waals surface area contributed by atoms with Crippen LogP contribution in [0.2, 0.25) is 0 Å². The molecule has 1 rings (SSSR count). The zero-order valence-corrected chi connectivity index (χ0v) is 7.20. The van der Waals surface area contributed by atoms with Gasteiger partial charge in [-0.2, -0.15) is 0 Å². The maximum Gasteiger partial charge on any atom is 0.273 e. The number of hydrogen-bond donors (Lipinski definition) is 0. The number of ether oxygens (including phenoxy) is 1. The van der Waals surface area contributed by atoms with Gasteiger partial charge in [0, 0.05) is 6.07 Å². The number of non-ortho nitro benzene ring substituents is 1. The first kappa shape index (κ1) is 9.44. The van der Waals surface area contributed by atoms with Crippen molar-refractivity contribution >= 4 is 5.69 Å². The molecule has 70 valence electrons. The van der Waals surface area contributed by atoms with Gasteiger partial charge in [-0.25, -0.2) is 4.39 Å². The second kappa shape index (κ2) is 3.38. The van der Waals surface area contributed by atoms with Gasteiger partial charge in [0.2, 0.25) is 0 Å². The largest absolute Gasteiger partial charge is 0.493 e. The second-order valence-corrected chi connectivity index (χ2v) is 2.54. The number of hydrogen-bond acceptors (Lipinski definition) is 3. The SMILES string of the molecule is COc1cc([N+](=O)[O-])cc(C)c1F. The van der Waals surface area contributed by atoms with Gasteiger partial charge in [-0.1, -0.05) is 0 Å². The van der Waals surface area contributed by atoms with Gasteiger partial charge >= 0.3 is 0 Å². The lowest BCUT2D eigenvalue weighted by Crippen LogP contribution is -1.95. The molecule has 0 aliphatic heterocycles. The Labute approximate surface area is 74.1 Å². The van der Waals surface area contributed by atoms with Crippen molar-refractivity contribution in [1.29, 1.82) is 0 Å². The van der Waals surface area contributed by atoms with Crippen LogP contribution in [0, 0.1) is 22.9 Å². The summed E-state index contributed by atoms with van der Waals surface area (Å²) in [4.78, 5) is 9.77. The van der Waals surface area contributed by atoms with Crippen molar-refractivity contribution in [2.75, 3.05) is 7.11 Å². The highest BCUT2D eigenvalue weighted by atomic mass is 19.1. The molecule has 0 spiro atoms. The predicted octanol–water partition coefficient (Wildman–Crippen LogP) is 2.05. The summed E-state index contributed by atoms with van der Waals surface area (Å²) >= 11 is 0. The fourth-order valence-electron chi connectivity index (χ4n) is 0.973. The summed E-state index contributed by atoms with van der Waals surface area (Å²) in [6, 6.07) is 2.22. The number of methoxy groups -OCH3 is 1. The normalized spacial score (nSPS) is 9.77. The van der Waals surface area contributed by atoms with Crippen LogP contribution in [0.3, 0.4) is 0 Å². The third-order valence-corrected chi connectivity index (χ3v) is 1.64. The van der Waals surface area contributed by atoms with E-state index in [1.807, 2.05) is 0 Å². The van der Waals surface area contributed by atoms with E-state index >= 15 is 0 Å². The zero-order valence-electron chi connectivity index (χ0n) is 7.20. The highest BCUT2D eigenvalue weighted by Gasteiger charge is 2.14. The van der Waals surface area contributed by atoms with E-state index in [0.29, 0.717) is 0 Å². The lowest BCUT2D eigenvalue weighted by Gasteiger charge is -2.03. The third kappa shape index (κ3) is 1.74. The van der Waals surface area contributed by atoms with E-state index in [2.05, 4.69) is 4.74 Å².